The highest BCUT2D eigenvalue weighted by atomic mass is 35.5. The molecule has 1 atom stereocenters. The number of aryl methyl sites for hydroxylation is 2. The number of hydrogen-bond acceptors (Lipinski definition) is 5. The van der Waals surface area contributed by atoms with E-state index in [1.54, 1.807) is 11.3 Å². The van der Waals surface area contributed by atoms with Gasteiger partial charge in [-0.05, 0) is 39.2 Å². The van der Waals surface area contributed by atoms with Crippen LogP contribution in [0.2, 0.25) is 5.15 Å². The summed E-state index contributed by atoms with van der Waals surface area (Å²) >= 11 is 8.18. The van der Waals surface area contributed by atoms with Crippen LogP contribution in [0.15, 0.2) is 6.07 Å². The quantitative estimate of drug-likeness (QED) is 0.828. The fourth-order valence-electron chi connectivity index (χ4n) is 3.84. The van der Waals surface area contributed by atoms with Crippen molar-refractivity contribution in [3.05, 3.63) is 27.5 Å². The summed E-state index contributed by atoms with van der Waals surface area (Å²) in [6, 6.07) is 2.63. The zero-order chi connectivity index (χ0) is 16.7. The molecule has 2 aliphatic heterocycles. The molecule has 0 radical (unpaired) electrons. The van der Waals surface area contributed by atoms with Crippen molar-refractivity contribution < 1.29 is 0 Å². The Bertz CT molecular complexity index is 719. The Hall–Kier alpha value is -1.11. The molecular formula is C17H24ClN5S. The Morgan fingerprint density at radius 3 is 2.75 bits per heavy atom. The van der Waals surface area contributed by atoms with E-state index in [2.05, 4.69) is 44.5 Å². The van der Waals surface area contributed by atoms with Crippen LogP contribution in [0, 0.1) is 13.8 Å². The van der Waals surface area contributed by atoms with Gasteiger partial charge in [-0.1, -0.05) is 22.9 Å². The summed E-state index contributed by atoms with van der Waals surface area (Å²) in [5.74, 6) is 0. The Morgan fingerprint density at radius 2 is 2.04 bits per heavy atom. The van der Waals surface area contributed by atoms with E-state index in [0.717, 1.165) is 50.0 Å². The van der Waals surface area contributed by atoms with Gasteiger partial charge in [0.25, 0.3) is 0 Å². The molecule has 0 aliphatic carbocycles. The summed E-state index contributed by atoms with van der Waals surface area (Å²) in [4.78, 5) is 10.6. The summed E-state index contributed by atoms with van der Waals surface area (Å²) in [6.07, 6.45) is 3.68. The van der Waals surface area contributed by atoms with Gasteiger partial charge in [-0.15, -0.1) is 0 Å². The van der Waals surface area contributed by atoms with Crippen LogP contribution in [-0.2, 0) is 6.54 Å². The average molecular weight is 366 g/mol. The van der Waals surface area contributed by atoms with Crippen molar-refractivity contribution in [2.75, 3.05) is 31.1 Å². The van der Waals surface area contributed by atoms with Crippen LogP contribution in [-0.4, -0.2) is 45.8 Å². The molecule has 0 N–H and O–H groups in total. The summed E-state index contributed by atoms with van der Waals surface area (Å²) in [5.41, 5.74) is 2.36. The fourth-order valence-corrected chi connectivity index (χ4v) is 5.19. The van der Waals surface area contributed by atoms with E-state index in [0.29, 0.717) is 11.2 Å². The third-order valence-corrected chi connectivity index (χ3v) is 6.55. The second-order valence-corrected chi connectivity index (χ2v) is 8.37. The summed E-state index contributed by atoms with van der Waals surface area (Å²) in [7, 11) is 0. The fraction of sp³-hybridized carbons (Fsp3) is 0.647. The van der Waals surface area contributed by atoms with Gasteiger partial charge in [0.1, 0.15) is 5.15 Å². The van der Waals surface area contributed by atoms with Gasteiger partial charge < -0.3 is 4.90 Å². The predicted octanol–water partition coefficient (Wildman–Crippen LogP) is 3.66. The first-order valence-corrected chi connectivity index (χ1v) is 9.95. The van der Waals surface area contributed by atoms with Crippen LogP contribution < -0.4 is 4.90 Å². The Balaban J connectivity index is 1.42. The van der Waals surface area contributed by atoms with Gasteiger partial charge in [-0.25, -0.2) is 4.98 Å². The maximum Gasteiger partial charge on any atom is 0.187 e. The highest BCUT2D eigenvalue weighted by Crippen LogP contribution is 2.34. The van der Waals surface area contributed by atoms with Crippen molar-refractivity contribution in [2.24, 2.45) is 0 Å². The standard InChI is InChI=1S/C17H24ClN5S/c1-12-9-13(2)23(20-12)14-5-8-21(10-14)11-15-16(18)19-17(24-15)22-6-3-4-7-22/h9,14H,3-8,10-11H2,1-2H3/t14-/m0/s1. The van der Waals surface area contributed by atoms with E-state index in [-0.39, 0.29) is 0 Å². The molecule has 0 unspecified atom stereocenters. The molecule has 0 amide bonds. The monoisotopic (exact) mass is 365 g/mol. The lowest BCUT2D eigenvalue weighted by molar-refractivity contribution is 0.313. The lowest BCUT2D eigenvalue weighted by atomic mass is 10.2. The predicted molar refractivity (Wildman–Crippen MR) is 99.2 cm³/mol. The van der Waals surface area contributed by atoms with E-state index in [4.69, 9.17) is 11.6 Å². The number of halogens is 1. The van der Waals surface area contributed by atoms with E-state index in [9.17, 15) is 0 Å². The minimum atomic E-state index is 0.475. The molecule has 0 aromatic carbocycles. The lowest BCUT2D eigenvalue weighted by Gasteiger charge is -2.16. The van der Waals surface area contributed by atoms with Gasteiger partial charge >= 0.3 is 0 Å². The Kier molecular flexibility index (Phi) is 4.54. The zero-order valence-electron chi connectivity index (χ0n) is 14.3. The van der Waals surface area contributed by atoms with Gasteiger partial charge in [0.05, 0.1) is 16.6 Å². The lowest BCUT2D eigenvalue weighted by Crippen LogP contribution is -2.21. The van der Waals surface area contributed by atoms with Crippen LogP contribution in [0.4, 0.5) is 5.13 Å². The molecule has 0 spiro atoms. The second kappa shape index (κ2) is 6.65. The van der Waals surface area contributed by atoms with Crippen LogP contribution in [0.1, 0.15) is 41.6 Å². The largest absolute Gasteiger partial charge is 0.348 e. The number of aromatic nitrogens is 3. The van der Waals surface area contributed by atoms with Gasteiger partial charge in [0.15, 0.2) is 5.13 Å². The van der Waals surface area contributed by atoms with Crippen LogP contribution in [0.25, 0.3) is 0 Å². The minimum absolute atomic E-state index is 0.475. The topological polar surface area (TPSA) is 37.2 Å². The summed E-state index contributed by atoms with van der Waals surface area (Å²) < 4.78 is 2.19. The highest BCUT2D eigenvalue weighted by Gasteiger charge is 2.27. The van der Waals surface area contributed by atoms with E-state index >= 15 is 0 Å². The van der Waals surface area contributed by atoms with Crippen molar-refractivity contribution in [1.82, 2.24) is 19.7 Å². The molecule has 4 heterocycles. The summed E-state index contributed by atoms with van der Waals surface area (Å²) in [6.45, 7) is 9.48. The van der Waals surface area contributed by atoms with Gasteiger partial charge in [0, 0.05) is 38.4 Å². The van der Waals surface area contributed by atoms with E-state index < -0.39 is 0 Å². The third kappa shape index (κ3) is 3.19. The number of hydrogen-bond donors (Lipinski definition) is 0. The highest BCUT2D eigenvalue weighted by molar-refractivity contribution is 7.16. The van der Waals surface area contributed by atoms with Crippen molar-refractivity contribution >= 4 is 28.1 Å². The first-order valence-electron chi connectivity index (χ1n) is 8.75. The van der Waals surface area contributed by atoms with E-state index in [1.165, 1.54) is 23.4 Å². The van der Waals surface area contributed by atoms with Gasteiger partial charge in [0.2, 0.25) is 0 Å². The maximum atomic E-state index is 6.41. The number of thiazole rings is 1. The number of rotatable bonds is 4. The molecule has 2 aromatic heterocycles. The third-order valence-electron chi connectivity index (χ3n) is 5.02. The Morgan fingerprint density at radius 1 is 1.25 bits per heavy atom. The van der Waals surface area contributed by atoms with E-state index in [1.807, 2.05) is 0 Å². The van der Waals surface area contributed by atoms with Crippen molar-refractivity contribution in [1.29, 1.82) is 0 Å². The molecular weight excluding hydrogens is 342 g/mol. The molecule has 2 saturated heterocycles. The van der Waals surface area contributed by atoms with Gasteiger partial charge in [-0.2, -0.15) is 5.10 Å². The molecule has 5 nitrogen and oxygen atoms in total. The number of likely N-dealkylation sites (tertiary alicyclic amines) is 1. The number of nitrogens with zero attached hydrogens (tertiary/aromatic N) is 5. The first kappa shape index (κ1) is 16.4. The molecule has 7 heteroatoms. The molecule has 2 fully saturated rings. The van der Waals surface area contributed by atoms with Crippen LogP contribution >= 0.6 is 22.9 Å². The van der Waals surface area contributed by atoms with Crippen LogP contribution in [0.3, 0.4) is 0 Å². The molecule has 2 aliphatic rings. The first-order chi connectivity index (χ1) is 11.6. The molecule has 130 valence electrons. The van der Waals surface area contributed by atoms with Crippen molar-refractivity contribution in [3.8, 4) is 0 Å². The maximum absolute atomic E-state index is 6.41. The average Bonchev–Trinajstić information content (AvgIpc) is 3.28. The molecule has 0 bridgehead atoms. The molecule has 0 saturated carbocycles. The summed E-state index contributed by atoms with van der Waals surface area (Å²) in [5, 5.41) is 6.45. The normalized spacial score (nSPS) is 22.0. The van der Waals surface area contributed by atoms with Gasteiger partial charge in [-0.3, -0.25) is 9.58 Å². The zero-order valence-corrected chi connectivity index (χ0v) is 15.9. The second-order valence-electron chi connectivity index (χ2n) is 6.95. The SMILES string of the molecule is Cc1cc(C)n([C@H]2CCN(Cc3sc(N4CCCC4)nc3Cl)C2)n1. The molecule has 24 heavy (non-hydrogen) atoms. The number of anilines is 1. The van der Waals surface area contributed by atoms with Crippen molar-refractivity contribution in [3.63, 3.8) is 0 Å². The van der Waals surface area contributed by atoms with Crippen LogP contribution in [0.5, 0.6) is 0 Å². The minimum Gasteiger partial charge on any atom is -0.348 e. The molecule has 2 aromatic rings. The smallest absolute Gasteiger partial charge is 0.187 e. The Labute approximate surface area is 152 Å². The molecule has 4 rings (SSSR count). The van der Waals surface area contributed by atoms with Crippen molar-refractivity contribution in [2.45, 2.75) is 45.7 Å².